The summed E-state index contributed by atoms with van der Waals surface area (Å²) < 4.78 is 6.66. The molecule has 184 valence electrons. The quantitative estimate of drug-likeness (QED) is 0.320. The number of nitrogens with zero attached hydrogens (tertiary/aromatic N) is 1. The minimum Gasteiger partial charge on any atom is -0.482 e. The summed E-state index contributed by atoms with van der Waals surface area (Å²) in [4.78, 5) is 28.6. The zero-order valence-corrected chi connectivity index (χ0v) is 22.3. The molecule has 7 heteroatoms. The van der Waals surface area contributed by atoms with E-state index in [1.807, 2.05) is 68.4 Å². The Morgan fingerprint density at radius 2 is 1.66 bits per heavy atom. The Morgan fingerprint density at radius 3 is 2.34 bits per heavy atom. The summed E-state index contributed by atoms with van der Waals surface area (Å²) in [7, 11) is 0. The number of nitrogens with one attached hydrogen (secondary N) is 1. The lowest BCUT2D eigenvalue weighted by molar-refractivity contribution is -0.142. The fourth-order valence-corrected chi connectivity index (χ4v) is 4.23. The van der Waals surface area contributed by atoms with Gasteiger partial charge < -0.3 is 15.0 Å². The van der Waals surface area contributed by atoms with Gasteiger partial charge in [-0.3, -0.25) is 9.59 Å². The molecule has 0 aromatic heterocycles. The van der Waals surface area contributed by atoms with Gasteiger partial charge in [-0.05, 0) is 41.3 Å². The number of carbonyl (C=O) groups is 2. The third kappa shape index (κ3) is 8.41. The standard InChI is InChI=1S/C28H30BrClN2O3/c1-20(2)17-31-28(34)25(16-21-9-4-3-5-10-21)32(18-22-11-8-12-23(29)15-22)27(33)19-35-26-14-7-6-13-24(26)30/h3-15,20,25H,16-19H2,1-2H3,(H,31,34). The molecule has 35 heavy (non-hydrogen) atoms. The summed E-state index contributed by atoms with van der Waals surface area (Å²) in [5.41, 5.74) is 1.87. The largest absolute Gasteiger partial charge is 0.482 e. The molecule has 0 bridgehead atoms. The van der Waals surface area contributed by atoms with Gasteiger partial charge in [0.25, 0.3) is 5.91 Å². The second-order valence-electron chi connectivity index (χ2n) is 8.72. The molecule has 0 aliphatic rings. The number of rotatable bonds is 11. The van der Waals surface area contributed by atoms with Gasteiger partial charge in [0, 0.05) is 24.0 Å². The van der Waals surface area contributed by atoms with Crippen molar-refractivity contribution in [2.45, 2.75) is 32.9 Å². The van der Waals surface area contributed by atoms with Crippen molar-refractivity contribution in [2.75, 3.05) is 13.2 Å². The first kappa shape index (κ1) is 26.8. The molecule has 0 spiro atoms. The van der Waals surface area contributed by atoms with Crippen molar-refractivity contribution in [1.82, 2.24) is 10.2 Å². The van der Waals surface area contributed by atoms with Crippen LogP contribution in [0.5, 0.6) is 5.75 Å². The fraction of sp³-hybridized carbons (Fsp3) is 0.286. The molecule has 3 aromatic carbocycles. The van der Waals surface area contributed by atoms with Crippen LogP contribution in [-0.2, 0) is 22.6 Å². The van der Waals surface area contributed by atoms with Crippen molar-refractivity contribution in [3.63, 3.8) is 0 Å². The van der Waals surface area contributed by atoms with Crippen LogP contribution < -0.4 is 10.1 Å². The molecule has 1 unspecified atom stereocenters. The topological polar surface area (TPSA) is 58.6 Å². The third-order valence-electron chi connectivity index (χ3n) is 5.39. The van der Waals surface area contributed by atoms with E-state index in [0.717, 1.165) is 15.6 Å². The van der Waals surface area contributed by atoms with E-state index in [9.17, 15) is 9.59 Å². The van der Waals surface area contributed by atoms with Gasteiger partial charge in [0.1, 0.15) is 11.8 Å². The molecular weight excluding hydrogens is 528 g/mol. The number of halogens is 2. The molecule has 1 atom stereocenters. The fourth-order valence-electron chi connectivity index (χ4n) is 3.59. The zero-order valence-electron chi connectivity index (χ0n) is 19.9. The number of benzene rings is 3. The van der Waals surface area contributed by atoms with Crippen molar-refractivity contribution >= 4 is 39.3 Å². The smallest absolute Gasteiger partial charge is 0.261 e. The number of para-hydroxylation sites is 1. The van der Waals surface area contributed by atoms with E-state index in [4.69, 9.17) is 16.3 Å². The molecule has 0 fully saturated rings. The predicted molar refractivity (Wildman–Crippen MR) is 143 cm³/mol. The highest BCUT2D eigenvalue weighted by atomic mass is 79.9. The van der Waals surface area contributed by atoms with Gasteiger partial charge in [-0.15, -0.1) is 0 Å². The summed E-state index contributed by atoms with van der Waals surface area (Å²) in [6.45, 7) is 4.62. The molecule has 3 rings (SSSR count). The molecule has 3 aromatic rings. The Hall–Kier alpha value is -2.83. The maximum Gasteiger partial charge on any atom is 0.261 e. The third-order valence-corrected chi connectivity index (χ3v) is 6.19. The van der Waals surface area contributed by atoms with Crippen LogP contribution >= 0.6 is 27.5 Å². The van der Waals surface area contributed by atoms with Crippen LogP contribution in [0.4, 0.5) is 0 Å². The van der Waals surface area contributed by atoms with Crippen LogP contribution in [0.1, 0.15) is 25.0 Å². The van der Waals surface area contributed by atoms with Gasteiger partial charge in [0.2, 0.25) is 5.91 Å². The first-order chi connectivity index (χ1) is 16.8. The highest BCUT2D eigenvalue weighted by Gasteiger charge is 2.31. The van der Waals surface area contributed by atoms with Crippen molar-refractivity contribution < 1.29 is 14.3 Å². The van der Waals surface area contributed by atoms with Crippen LogP contribution in [0.15, 0.2) is 83.3 Å². The molecule has 2 amide bonds. The molecule has 0 aliphatic carbocycles. The summed E-state index contributed by atoms with van der Waals surface area (Å²) in [5, 5.41) is 3.44. The number of amides is 2. The zero-order chi connectivity index (χ0) is 25.2. The Morgan fingerprint density at radius 1 is 0.971 bits per heavy atom. The monoisotopic (exact) mass is 556 g/mol. The van der Waals surface area contributed by atoms with Gasteiger partial charge in [0.05, 0.1) is 5.02 Å². The Labute approximate surface area is 220 Å². The minimum absolute atomic E-state index is 0.191. The Kier molecular flexibility index (Phi) is 10.2. The molecule has 0 radical (unpaired) electrons. The SMILES string of the molecule is CC(C)CNC(=O)C(Cc1ccccc1)N(Cc1cccc(Br)c1)C(=O)COc1ccccc1Cl. The normalized spacial score (nSPS) is 11.7. The van der Waals surface area contributed by atoms with Gasteiger partial charge in [-0.25, -0.2) is 0 Å². The summed E-state index contributed by atoms with van der Waals surface area (Å²) in [6.07, 6.45) is 0.386. The van der Waals surface area contributed by atoms with Crippen molar-refractivity contribution in [2.24, 2.45) is 5.92 Å². The summed E-state index contributed by atoms with van der Waals surface area (Å²) >= 11 is 9.70. The number of hydrogen-bond acceptors (Lipinski definition) is 3. The Bertz CT molecular complexity index is 1120. The van der Waals surface area contributed by atoms with Crippen LogP contribution in [0.2, 0.25) is 5.02 Å². The van der Waals surface area contributed by atoms with Crippen LogP contribution in [0.3, 0.4) is 0 Å². The van der Waals surface area contributed by atoms with Crippen molar-refractivity contribution in [3.8, 4) is 5.75 Å². The van der Waals surface area contributed by atoms with E-state index in [1.165, 1.54) is 0 Å². The molecule has 0 heterocycles. The Balaban J connectivity index is 1.91. The van der Waals surface area contributed by atoms with Crippen LogP contribution in [0.25, 0.3) is 0 Å². The molecule has 0 aliphatic heterocycles. The molecular formula is C28H30BrClN2O3. The van der Waals surface area contributed by atoms with Crippen molar-refractivity contribution in [3.05, 3.63) is 99.5 Å². The predicted octanol–water partition coefficient (Wildman–Crippen LogP) is 5.89. The number of carbonyl (C=O) groups excluding carboxylic acids is 2. The minimum atomic E-state index is -0.711. The van der Waals surface area contributed by atoms with Gasteiger partial charge in [-0.1, -0.05) is 96.0 Å². The lowest BCUT2D eigenvalue weighted by atomic mass is 10.0. The van der Waals surface area contributed by atoms with Crippen LogP contribution in [0, 0.1) is 5.92 Å². The van der Waals surface area contributed by atoms with E-state index in [-0.39, 0.29) is 30.9 Å². The molecule has 1 N–H and O–H groups in total. The van der Waals surface area contributed by atoms with E-state index < -0.39 is 6.04 Å². The highest BCUT2D eigenvalue weighted by molar-refractivity contribution is 9.10. The maximum atomic E-state index is 13.6. The van der Waals surface area contributed by atoms with E-state index in [2.05, 4.69) is 21.2 Å². The second kappa shape index (κ2) is 13.3. The molecule has 0 saturated carbocycles. The lowest BCUT2D eigenvalue weighted by Crippen LogP contribution is -2.52. The van der Waals surface area contributed by atoms with Gasteiger partial charge in [-0.2, -0.15) is 0 Å². The lowest BCUT2D eigenvalue weighted by Gasteiger charge is -2.31. The maximum absolute atomic E-state index is 13.6. The van der Waals surface area contributed by atoms with Gasteiger partial charge in [0.15, 0.2) is 6.61 Å². The summed E-state index contributed by atoms with van der Waals surface area (Å²) in [5.74, 6) is 0.220. The van der Waals surface area contributed by atoms with Crippen molar-refractivity contribution in [1.29, 1.82) is 0 Å². The average Bonchev–Trinajstić information content (AvgIpc) is 2.84. The first-order valence-corrected chi connectivity index (χ1v) is 12.7. The molecule has 0 saturated heterocycles. The number of hydrogen-bond donors (Lipinski definition) is 1. The van der Waals surface area contributed by atoms with E-state index >= 15 is 0 Å². The second-order valence-corrected chi connectivity index (χ2v) is 10.0. The van der Waals surface area contributed by atoms with Gasteiger partial charge >= 0.3 is 0 Å². The first-order valence-electron chi connectivity index (χ1n) is 11.6. The summed E-state index contributed by atoms with van der Waals surface area (Å²) in [6, 6.07) is 23.7. The van der Waals surface area contributed by atoms with E-state index in [0.29, 0.717) is 23.7 Å². The highest BCUT2D eigenvalue weighted by Crippen LogP contribution is 2.24. The number of ether oxygens (including phenoxy) is 1. The molecule has 5 nitrogen and oxygen atoms in total. The van der Waals surface area contributed by atoms with E-state index in [1.54, 1.807) is 29.2 Å². The average molecular weight is 558 g/mol. The van der Waals surface area contributed by atoms with Crippen LogP contribution in [-0.4, -0.2) is 35.9 Å².